The molecular weight excluding hydrogens is 333 g/mol. The maximum Gasteiger partial charge on any atom is 0.222 e. The molecule has 0 spiro atoms. The third-order valence-electron chi connectivity index (χ3n) is 1.78. The van der Waals surface area contributed by atoms with Gasteiger partial charge in [-0.1, -0.05) is 0 Å². The second kappa shape index (κ2) is 7.42. The van der Waals surface area contributed by atoms with Gasteiger partial charge in [-0.3, -0.25) is 0 Å². The van der Waals surface area contributed by atoms with Crippen molar-refractivity contribution in [2.75, 3.05) is 18.9 Å². The topological polar surface area (TPSA) is 70.3 Å². The van der Waals surface area contributed by atoms with Crippen LogP contribution in [0.25, 0.3) is 0 Å². The summed E-state index contributed by atoms with van der Waals surface area (Å²) < 4.78 is 11.3. The van der Waals surface area contributed by atoms with Gasteiger partial charge in [0.05, 0.1) is 5.69 Å². The summed E-state index contributed by atoms with van der Waals surface area (Å²) in [4.78, 5) is 7.97. The van der Waals surface area contributed by atoms with Gasteiger partial charge in [0, 0.05) is 13.2 Å². The van der Waals surface area contributed by atoms with Crippen molar-refractivity contribution in [3.05, 3.63) is 15.7 Å². The van der Waals surface area contributed by atoms with E-state index in [4.69, 9.17) is 15.2 Å². The van der Waals surface area contributed by atoms with Crippen LogP contribution in [0.4, 0.5) is 5.69 Å². The summed E-state index contributed by atoms with van der Waals surface area (Å²) in [6, 6.07) is 0. The zero-order valence-electron chi connectivity index (χ0n) is 9.74. The first-order valence-electron chi connectivity index (χ1n) is 5.19. The fourth-order valence-electron chi connectivity index (χ4n) is 1.04. The van der Waals surface area contributed by atoms with Gasteiger partial charge in [0.1, 0.15) is 15.7 Å². The molecule has 0 unspecified atom stereocenters. The highest BCUT2D eigenvalue weighted by molar-refractivity contribution is 14.1. The Labute approximate surface area is 114 Å². The molecule has 0 fully saturated rings. The summed E-state index contributed by atoms with van der Waals surface area (Å²) >= 11 is 2.03. The average molecular weight is 347 g/mol. The molecule has 0 bridgehead atoms. The summed E-state index contributed by atoms with van der Waals surface area (Å²) in [5, 5.41) is 0. The number of ether oxygens (including phenoxy) is 2. The first-order chi connectivity index (χ1) is 8.19. The van der Waals surface area contributed by atoms with Gasteiger partial charge in [-0.05, 0) is 48.3 Å². The van der Waals surface area contributed by atoms with Gasteiger partial charge in [-0.15, -0.1) is 0 Å². The minimum absolute atomic E-state index is 0.479. The van der Waals surface area contributed by atoms with Crippen molar-refractivity contribution in [2.24, 2.45) is 0 Å². The fraction of sp³-hybridized carbons (Fsp3) is 0.455. The molecule has 1 aromatic heterocycles. The highest BCUT2D eigenvalue weighted by Crippen LogP contribution is 2.13. The van der Waals surface area contributed by atoms with Crippen molar-refractivity contribution in [3.8, 4) is 11.8 Å². The Kier molecular flexibility index (Phi) is 6.18. The van der Waals surface area contributed by atoms with Crippen LogP contribution in [0.15, 0.2) is 6.33 Å². The van der Waals surface area contributed by atoms with E-state index in [0.29, 0.717) is 28.3 Å². The molecule has 0 aliphatic heterocycles. The van der Waals surface area contributed by atoms with Crippen LogP contribution >= 0.6 is 22.6 Å². The van der Waals surface area contributed by atoms with Crippen molar-refractivity contribution in [1.82, 2.24) is 9.97 Å². The predicted molar refractivity (Wildman–Crippen MR) is 73.1 cm³/mol. The maximum absolute atomic E-state index is 5.80. The maximum atomic E-state index is 5.80. The van der Waals surface area contributed by atoms with Gasteiger partial charge in [-0.25, -0.2) is 9.97 Å². The van der Waals surface area contributed by atoms with Gasteiger partial charge in [0.25, 0.3) is 0 Å². The largest absolute Gasteiger partial charge is 0.394 e. The number of hydrogen-bond acceptors (Lipinski definition) is 5. The van der Waals surface area contributed by atoms with Crippen molar-refractivity contribution in [3.63, 3.8) is 0 Å². The predicted octanol–water partition coefficient (Wildman–Crippen LogP) is 1.41. The molecule has 0 saturated heterocycles. The van der Waals surface area contributed by atoms with E-state index in [9.17, 15) is 0 Å². The van der Waals surface area contributed by atoms with E-state index in [1.165, 1.54) is 6.33 Å². The molecule has 1 heterocycles. The van der Waals surface area contributed by atoms with E-state index in [1.54, 1.807) is 0 Å². The van der Waals surface area contributed by atoms with E-state index < -0.39 is 6.29 Å². The number of nitrogen functional groups attached to an aromatic ring is 1. The minimum Gasteiger partial charge on any atom is -0.394 e. The Balaban J connectivity index is 2.84. The smallest absolute Gasteiger partial charge is 0.222 e. The summed E-state index contributed by atoms with van der Waals surface area (Å²) in [5.41, 5.74) is 6.77. The summed E-state index contributed by atoms with van der Waals surface area (Å²) in [6.07, 6.45) is 0.885. The summed E-state index contributed by atoms with van der Waals surface area (Å²) in [5.74, 6) is 5.68. The standard InChI is InChI=1S/C11H14IN3O2/c1-3-16-9(17-4-2)6-5-8-10(13)11(12)15-7-14-8/h7,9H,3-4,13H2,1-2H3. The Bertz CT molecular complexity index is 422. The van der Waals surface area contributed by atoms with Gasteiger partial charge in [-0.2, -0.15) is 0 Å². The molecule has 17 heavy (non-hydrogen) atoms. The number of aromatic nitrogens is 2. The highest BCUT2D eigenvalue weighted by Gasteiger charge is 2.05. The van der Waals surface area contributed by atoms with Gasteiger partial charge >= 0.3 is 0 Å². The number of nitrogens with two attached hydrogens (primary N) is 1. The van der Waals surface area contributed by atoms with Crippen LogP contribution in [0.2, 0.25) is 0 Å². The number of anilines is 1. The SMILES string of the molecule is CCOC(C#Cc1ncnc(I)c1N)OCC. The Morgan fingerprint density at radius 2 is 2.00 bits per heavy atom. The van der Waals surface area contributed by atoms with Gasteiger partial charge in [0.15, 0.2) is 0 Å². The molecule has 0 aromatic carbocycles. The third kappa shape index (κ3) is 4.46. The molecule has 92 valence electrons. The summed E-state index contributed by atoms with van der Waals surface area (Å²) in [6.45, 7) is 4.84. The highest BCUT2D eigenvalue weighted by atomic mass is 127. The molecule has 1 rings (SSSR count). The molecular formula is C11H14IN3O2. The molecule has 2 N–H and O–H groups in total. The van der Waals surface area contributed by atoms with E-state index in [0.717, 1.165) is 0 Å². The van der Waals surface area contributed by atoms with Gasteiger partial charge in [0.2, 0.25) is 6.29 Å². The molecule has 0 aliphatic rings. The molecule has 0 radical (unpaired) electrons. The van der Waals surface area contributed by atoms with Crippen LogP contribution in [0.5, 0.6) is 0 Å². The molecule has 5 nitrogen and oxygen atoms in total. The number of hydrogen-bond donors (Lipinski definition) is 1. The van der Waals surface area contributed by atoms with E-state index in [-0.39, 0.29) is 0 Å². The van der Waals surface area contributed by atoms with Crippen LogP contribution in [0.1, 0.15) is 19.5 Å². The molecule has 0 atom stereocenters. The van der Waals surface area contributed by atoms with Crippen LogP contribution < -0.4 is 5.73 Å². The van der Waals surface area contributed by atoms with Crippen LogP contribution in [0, 0.1) is 15.5 Å². The Morgan fingerprint density at radius 3 is 2.59 bits per heavy atom. The first kappa shape index (κ1) is 14.2. The van der Waals surface area contributed by atoms with Crippen molar-refractivity contribution in [2.45, 2.75) is 20.1 Å². The number of nitrogens with zero attached hydrogens (tertiary/aromatic N) is 2. The lowest BCUT2D eigenvalue weighted by Crippen LogP contribution is -2.15. The minimum atomic E-state index is -0.544. The van der Waals surface area contributed by atoms with Crippen LogP contribution in [-0.4, -0.2) is 29.5 Å². The normalized spacial score (nSPS) is 10.1. The first-order valence-corrected chi connectivity index (χ1v) is 6.27. The van der Waals surface area contributed by atoms with Crippen molar-refractivity contribution >= 4 is 28.3 Å². The quantitative estimate of drug-likeness (QED) is 0.386. The van der Waals surface area contributed by atoms with Crippen LogP contribution in [0.3, 0.4) is 0 Å². The average Bonchev–Trinajstić information content (AvgIpc) is 2.31. The molecule has 0 amide bonds. The number of rotatable bonds is 4. The lowest BCUT2D eigenvalue weighted by Gasteiger charge is -2.09. The Morgan fingerprint density at radius 1 is 1.35 bits per heavy atom. The molecule has 0 saturated carbocycles. The zero-order valence-corrected chi connectivity index (χ0v) is 11.9. The number of halogens is 1. The van der Waals surface area contributed by atoms with E-state index in [1.807, 2.05) is 36.4 Å². The zero-order chi connectivity index (χ0) is 12.7. The monoisotopic (exact) mass is 347 g/mol. The van der Waals surface area contributed by atoms with Crippen molar-refractivity contribution < 1.29 is 9.47 Å². The lowest BCUT2D eigenvalue weighted by atomic mass is 10.3. The second-order valence-corrected chi connectivity index (χ2v) is 3.96. The third-order valence-corrected chi connectivity index (χ3v) is 2.64. The van der Waals surface area contributed by atoms with Gasteiger partial charge < -0.3 is 15.2 Å². The van der Waals surface area contributed by atoms with E-state index >= 15 is 0 Å². The molecule has 6 heteroatoms. The molecule has 1 aromatic rings. The Hall–Kier alpha value is -0.910. The fourth-order valence-corrected chi connectivity index (χ4v) is 1.42. The second-order valence-electron chi connectivity index (χ2n) is 2.94. The van der Waals surface area contributed by atoms with Crippen LogP contribution in [-0.2, 0) is 9.47 Å². The summed E-state index contributed by atoms with van der Waals surface area (Å²) in [7, 11) is 0. The van der Waals surface area contributed by atoms with Crippen molar-refractivity contribution in [1.29, 1.82) is 0 Å². The van der Waals surface area contributed by atoms with E-state index in [2.05, 4.69) is 21.8 Å². The molecule has 0 aliphatic carbocycles. The lowest BCUT2D eigenvalue weighted by molar-refractivity contribution is -0.0969.